The van der Waals surface area contributed by atoms with Crippen molar-refractivity contribution in [2.24, 2.45) is 0 Å². The van der Waals surface area contributed by atoms with E-state index >= 15 is 0 Å². The molecule has 3 nitrogen and oxygen atoms in total. The smallest absolute Gasteiger partial charge is 0.0791 e. The van der Waals surface area contributed by atoms with Crippen LogP contribution in [0.3, 0.4) is 0 Å². The van der Waals surface area contributed by atoms with Crippen LogP contribution in [0, 0.1) is 0 Å². The lowest BCUT2D eigenvalue weighted by Crippen LogP contribution is -2.36. The maximum absolute atomic E-state index is 9.84. The molecule has 90 valence electrons. The van der Waals surface area contributed by atoms with Gasteiger partial charge in [-0.2, -0.15) is 11.3 Å². The Morgan fingerprint density at radius 1 is 1.44 bits per heavy atom. The van der Waals surface area contributed by atoms with Gasteiger partial charge in [0.15, 0.2) is 0 Å². The molecule has 0 saturated carbocycles. The van der Waals surface area contributed by atoms with Crippen molar-refractivity contribution in [3.05, 3.63) is 22.4 Å². The number of hydrogen-bond acceptors (Lipinski definition) is 4. The van der Waals surface area contributed by atoms with Crippen LogP contribution in [0.15, 0.2) is 16.8 Å². The summed E-state index contributed by atoms with van der Waals surface area (Å²) in [6, 6.07) is 2.12. The van der Waals surface area contributed by atoms with Gasteiger partial charge in [0, 0.05) is 19.6 Å². The van der Waals surface area contributed by atoms with Gasteiger partial charge in [0.25, 0.3) is 0 Å². The lowest BCUT2D eigenvalue weighted by Gasteiger charge is -2.19. The number of aliphatic hydroxyl groups excluding tert-OH is 1. The van der Waals surface area contributed by atoms with Gasteiger partial charge in [-0.25, -0.2) is 0 Å². The van der Waals surface area contributed by atoms with Gasteiger partial charge in [-0.1, -0.05) is 0 Å². The van der Waals surface area contributed by atoms with Crippen LogP contribution in [0.2, 0.25) is 0 Å². The zero-order chi connectivity index (χ0) is 11.2. The SMILES string of the molecule is OC(CNCc1ccsc1)CN1CCCC1. The molecule has 1 aromatic rings. The molecule has 0 radical (unpaired) electrons. The molecule has 0 aromatic carbocycles. The second-order valence-corrected chi connectivity index (χ2v) is 5.20. The minimum atomic E-state index is -0.239. The number of β-amino-alcohol motifs (C(OH)–C–C–N with tert-alkyl or cyclic N) is 1. The third-order valence-corrected chi connectivity index (χ3v) is 3.69. The molecule has 0 aliphatic carbocycles. The number of nitrogens with one attached hydrogen (secondary N) is 1. The van der Waals surface area contributed by atoms with Gasteiger partial charge < -0.3 is 15.3 Å². The number of likely N-dealkylation sites (tertiary alicyclic amines) is 1. The molecular weight excluding hydrogens is 220 g/mol. The van der Waals surface area contributed by atoms with Crippen LogP contribution in [0.5, 0.6) is 0 Å². The van der Waals surface area contributed by atoms with Crippen molar-refractivity contribution in [2.75, 3.05) is 26.2 Å². The Labute approximate surface area is 101 Å². The molecule has 16 heavy (non-hydrogen) atoms. The second kappa shape index (κ2) is 6.35. The van der Waals surface area contributed by atoms with E-state index in [0.29, 0.717) is 6.54 Å². The van der Waals surface area contributed by atoms with Crippen LogP contribution >= 0.6 is 11.3 Å². The Hall–Kier alpha value is -0.420. The molecule has 0 spiro atoms. The summed E-state index contributed by atoms with van der Waals surface area (Å²) in [7, 11) is 0. The van der Waals surface area contributed by atoms with Crippen LogP contribution in [0.25, 0.3) is 0 Å². The molecule has 1 saturated heterocycles. The van der Waals surface area contributed by atoms with Crippen LogP contribution in [0.1, 0.15) is 18.4 Å². The summed E-state index contributed by atoms with van der Waals surface area (Å²) >= 11 is 1.71. The number of hydrogen-bond donors (Lipinski definition) is 2. The van der Waals surface area contributed by atoms with E-state index < -0.39 is 0 Å². The average Bonchev–Trinajstić information content (AvgIpc) is 2.90. The average molecular weight is 240 g/mol. The van der Waals surface area contributed by atoms with Crippen molar-refractivity contribution < 1.29 is 5.11 Å². The Bertz CT molecular complexity index is 283. The highest BCUT2D eigenvalue weighted by Gasteiger charge is 2.15. The van der Waals surface area contributed by atoms with E-state index in [9.17, 15) is 5.11 Å². The first kappa shape index (κ1) is 12.0. The quantitative estimate of drug-likeness (QED) is 0.786. The Morgan fingerprint density at radius 2 is 2.25 bits per heavy atom. The predicted octanol–water partition coefficient (Wildman–Crippen LogP) is 1.29. The van der Waals surface area contributed by atoms with E-state index in [-0.39, 0.29) is 6.10 Å². The van der Waals surface area contributed by atoms with E-state index in [4.69, 9.17) is 0 Å². The van der Waals surface area contributed by atoms with Gasteiger partial charge in [-0.3, -0.25) is 0 Å². The van der Waals surface area contributed by atoms with Crippen LogP contribution in [-0.4, -0.2) is 42.3 Å². The van der Waals surface area contributed by atoms with Gasteiger partial charge in [-0.15, -0.1) is 0 Å². The van der Waals surface area contributed by atoms with Crippen molar-refractivity contribution in [2.45, 2.75) is 25.5 Å². The molecule has 4 heteroatoms. The van der Waals surface area contributed by atoms with Gasteiger partial charge in [0.1, 0.15) is 0 Å². The van der Waals surface area contributed by atoms with Crippen molar-refractivity contribution in [1.29, 1.82) is 0 Å². The third kappa shape index (κ3) is 3.87. The van der Waals surface area contributed by atoms with E-state index in [1.807, 2.05) is 0 Å². The summed E-state index contributed by atoms with van der Waals surface area (Å²) < 4.78 is 0. The molecule has 1 unspecified atom stereocenters. The molecule has 1 aliphatic heterocycles. The maximum atomic E-state index is 9.84. The normalized spacial score (nSPS) is 19.1. The number of rotatable bonds is 6. The lowest BCUT2D eigenvalue weighted by atomic mass is 10.3. The summed E-state index contributed by atoms with van der Waals surface area (Å²) in [5.41, 5.74) is 1.30. The van der Waals surface area contributed by atoms with Gasteiger partial charge in [0.2, 0.25) is 0 Å². The highest BCUT2D eigenvalue weighted by Crippen LogP contribution is 2.08. The standard InChI is InChI=1S/C12H20N2OS/c15-12(9-14-4-1-2-5-14)8-13-7-11-3-6-16-10-11/h3,6,10,12-13,15H,1-2,4-5,7-9H2. The topological polar surface area (TPSA) is 35.5 Å². The van der Waals surface area contributed by atoms with E-state index in [1.165, 1.54) is 18.4 Å². The van der Waals surface area contributed by atoms with Crippen molar-refractivity contribution in [3.63, 3.8) is 0 Å². The summed E-state index contributed by atoms with van der Waals surface area (Å²) in [4.78, 5) is 2.34. The first-order chi connectivity index (χ1) is 7.84. The van der Waals surface area contributed by atoms with E-state index in [2.05, 4.69) is 27.0 Å². The van der Waals surface area contributed by atoms with Crippen LogP contribution < -0.4 is 5.32 Å². The molecule has 1 aliphatic rings. The molecule has 1 atom stereocenters. The van der Waals surface area contributed by atoms with Gasteiger partial charge in [0.05, 0.1) is 6.10 Å². The van der Waals surface area contributed by atoms with Crippen molar-refractivity contribution in [3.8, 4) is 0 Å². The predicted molar refractivity (Wildman–Crippen MR) is 67.7 cm³/mol. The van der Waals surface area contributed by atoms with E-state index in [0.717, 1.165) is 26.2 Å². The molecule has 1 fully saturated rings. The second-order valence-electron chi connectivity index (χ2n) is 4.42. The summed E-state index contributed by atoms with van der Waals surface area (Å²) in [6.07, 6.45) is 2.33. The Morgan fingerprint density at radius 3 is 2.94 bits per heavy atom. The molecular formula is C12H20N2OS. The van der Waals surface area contributed by atoms with Gasteiger partial charge in [-0.05, 0) is 48.3 Å². The zero-order valence-corrected chi connectivity index (χ0v) is 10.4. The van der Waals surface area contributed by atoms with Crippen molar-refractivity contribution >= 4 is 11.3 Å². The minimum Gasteiger partial charge on any atom is -0.390 e. The van der Waals surface area contributed by atoms with Gasteiger partial charge >= 0.3 is 0 Å². The largest absolute Gasteiger partial charge is 0.390 e. The molecule has 2 rings (SSSR count). The molecule has 0 bridgehead atoms. The summed E-state index contributed by atoms with van der Waals surface area (Å²) in [5.74, 6) is 0. The fraction of sp³-hybridized carbons (Fsp3) is 0.667. The number of thiophene rings is 1. The maximum Gasteiger partial charge on any atom is 0.0791 e. The highest BCUT2D eigenvalue weighted by molar-refractivity contribution is 7.07. The Balaban J connectivity index is 1.58. The van der Waals surface area contributed by atoms with Crippen LogP contribution in [0.4, 0.5) is 0 Å². The first-order valence-electron chi connectivity index (χ1n) is 5.97. The van der Waals surface area contributed by atoms with Crippen molar-refractivity contribution in [1.82, 2.24) is 10.2 Å². The molecule has 0 amide bonds. The summed E-state index contributed by atoms with van der Waals surface area (Å²) in [6.45, 7) is 4.67. The molecule has 2 heterocycles. The fourth-order valence-corrected chi connectivity index (χ4v) is 2.77. The van der Waals surface area contributed by atoms with Crippen LogP contribution in [-0.2, 0) is 6.54 Å². The summed E-state index contributed by atoms with van der Waals surface area (Å²) in [5, 5.41) is 17.3. The minimum absolute atomic E-state index is 0.239. The number of aliphatic hydroxyl groups is 1. The molecule has 1 aromatic heterocycles. The van der Waals surface area contributed by atoms with E-state index in [1.54, 1.807) is 11.3 Å². The Kier molecular flexibility index (Phi) is 4.78. The molecule has 2 N–H and O–H groups in total. The fourth-order valence-electron chi connectivity index (χ4n) is 2.10. The third-order valence-electron chi connectivity index (χ3n) is 2.96. The zero-order valence-electron chi connectivity index (χ0n) is 9.56. The lowest BCUT2D eigenvalue weighted by molar-refractivity contribution is 0.123. The number of nitrogens with zero attached hydrogens (tertiary/aromatic N) is 1. The highest BCUT2D eigenvalue weighted by atomic mass is 32.1. The monoisotopic (exact) mass is 240 g/mol. The first-order valence-corrected chi connectivity index (χ1v) is 6.91.